The van der Waals surface area contributed by atoms with E-state index in [-0.39, 0.29) is 59.1 Å². The molecule has 1 rings (SSSR count). The summed E-state index contributed by atoms with van der Waals surface area (Å²) in [6.07, 6.45) is 0. The van der Waals surface area contributed by atoms with Crippen LogP contribution in [0, 0.1) is 0 Å². The second-order valence-electron chi connectivity index (χ2n) is 1.98. The van der Waals surface area contributed by atoms with Crippen LogP contribution in [-0.4, -0.2) is 16.9 Å². The summed E-state index contributed by atoms with van der Waals surface area (Å²) in [5.41, 5.74) is -0.839. The van der Waals surface area contributed by atoms with Crippen LogP contribution in [0.4, 0.5) is 0 Å². The van der Waals surface area contributed by atoms with Gasteiger partial charge >= 0.3 is 59.1 Å². The number of rotatable bonds is 2. The first kappa shape index (κ1) is 16.5. The number of carbonyl (C=O) groups excluding carboxylic acids is 2. The maximum atomic E-state index is 10.2. The van der Waals surface area contributed by atoms with Crippen LogP contribution in [-0.2, 0) is 0 Å². The molecule has 0 fully saturated rings. The van der Waals surface area contributed by atoms with E-state index in [2.05, 4.69) is 4.98 Å². The summed E-state index contributed by atoms with van der Waals surface area (Å²) in [7, 11) is 0. The Morgan fingerprint density at radius 2 is 1.36 bits per heavy atom. The van der Waals surface area contributed by atoms with Crippen LogP contribution in [0.15, 0.2) is 18.2 Å². The normalized spacial score (nSPS) is 8.00. The SMILES string of the molecule is O=C([O-])c1cccc(C(=O)[O-])n1.[Na+].[Na+]. The van der Waals surface area contributed by atoms with Crippen molar-refractivity contribution in [1.29, 1.82) is 0 Å². The summed E-state index contributed by atoms with van der Waals surface area (Å²) >= 11 is 0. The van der Waals surface area contributed by atoms with Gasteiger partial charge in [-0.2, -0.15) is 0 Å². The maximum Gasteiger partial charge on any atom is 1.00 e. The number of carboxylic acids is 2. The van der Waals surface area contributed by atoms with E-state index >= 15 is 0 Å². The predicted octanol–water partition coefficient (Wildman–Crippen LogP) is -8.18. The van der Waals surface area contributed by atoms with Gasteiger partial charge in [-0.15, -0.1) is 0 Å². The Bertz CT molecular complexity index is 313. The number of hydrogen-bond acceptors (Lipinski definition) is 5. The molecule has 5 nitrogen and oxygen atoms in total. The summed E-state index contributed by atoms with van der Waals surface area (Å²) < 4.78 is 0. The average Bonchev–Trinajstić information content (AvgIpc) is 2.04. The molecule has 0 bridgehead atoms. The molecule has 1 aromatic heterocycles. The fraction of sp³-hybridized carbons (Fsp3) is 0. The third-order valence-corrected chi connectivity index (χ3v) is 1.17. The molecule has 1 heterocycles. The Balaban J connectivity index is 0. The van der Waals surface area contributed by atoms with Crippen LogP contribution in [0.25, 0.3) is 0 Å². The summed E-state index contributed by atoms with van der Waals surface area (Å²) in [6.45, 7) is 0. The average molecular weight is 211 g/mol. The smallest absolute Gasteiger partial charge is 0.543 e. The Hall–Kier alpha value is 0.0900. The molecular formula is C7H3NNa2O4. The number of carbonyl (C=O) groups is 2. The van der Waals surface area contributed by atoms with Gasteiger partial charge in [0, 0.05) is 0 Å². The monoisotopic (exact) mass is 211 g/mol. The Morgan fingerprint density at radius 3 is 1.64 bits per heavy atom. The molecule has 0 saturated carbocycles. The van der Waals surface area contributed by atoms with Gasteiger partial charge < -0.3 is 19.8 Å². The second-order valence-corrected chi connectivity index (χ2v) is 1.98. The van der Waals surface area contributed by atoms with Gasteiger partial charge in [0.2, 0.25) is 0 Å². The van der Waals surface area contributed by atoms with Crippen molar-refractivity contribution in [2.45, 2.75) is 0 Å². The van der Waals surface area contributed by atoms with Crippen LogP contribution >= 0.6 is 0 Å². The summed E-state index contributed by atoms with van der Waals surface area (Å²) in [5.74, 6) is -3.03. The van der Waals surface area contributed by atoms with Gasteiger partial charge in [-0.05, 0) is 12.1 Å². The zero-order valence-electron chi connectivity index (χ0n) is 7.81. The van der Waals surface area contributed by atoms with E-state index in [0.29, 0.717) is 0 Å². The standard InChI is InChI=1S/C7H5NO4.2Na/c9-6(10)4-2-1-3-5(8-4)7(11)12;;/h1-3H,(H,9,10)(H,11,12);;/q;2*+1/p-2. The van der Waals surface area contributed by atoms with Crippen LogP contribution in [0.2, 0.25) is 0 Å². The molecule has 0 saturated heterocycles. The van der Waals surface area contributed by atoms with E-state index in [1.54, 1.807) is 0 Å². The fourth-order valence-corrected chi connectivity index (χ4v) is 0.662. The van der Waals surface area contributed by atoms with E-state index in [9.17, 15) is 19.8 Å². The number of hydrogen-bond donors (Lipinski definition) is 0. The largest absolute Gasteiger partial charge is 1.00 e. The molecule has 1 aromatic rings. The Kier molecular flexibility index (Phi) is 8.72. The van der Waals surface area contributed by atoms with Gasteiger partial charge in [-0.3, -0.25) is 0 Å². The molecule has 0 amide bonds. The predicted molar refractivity (Wildman–Crippen MR) is 32.9 cm³/mol. The van der Waals surface area contributed by atoms with Gasteiger partial charge in [0.25, 0.3) is 0 Å². The quantitative estimate of drug-likeness (QED) is 0.453. The van der Waals surface area contributed by atoms with E-state index in [1.807, 2.05) is 0 Å². The number of aromatic nitrogens is 1. The Morgan fingerprint density at radius 1 is 1.00 bits per heavy atom. The van der Waals surface area contributed by atoms with Crippen LogP contribution in [0.1, 0.15) is 21.0 Å². The number of carboxylic acid groups (broad SMARTS) is 2. The number of pyridine rings is 1. The third kappa shape index (κ3) is 4.54. The maximum absolute atomic E-state index is 10.2. The topological polar surface area (TPSA) is 93.1 Å². The van der Waals surface area contributed by atoms with Crippen molar-refractivity contribution >= 4 is 11.9 Å². The van der Waals surface area contributed by atoms with Crippen molar-refractivity contribution in [3.05, 3.63) is 29.6 Å². The molecule has 0 N–H and O–H groups in total. The molecule has 14 heavy (non-hydrogen) atoms. The number of aromatic carboxylic acids is 2. The molecule has 62 valence electrons. The van der Waals surface area contributed by atoms with Gasteiger partial charge in [0.1, 0.15) is 0 Å². The van der Waals surface area contributed by atoms with Crippen molar-refractivity contribution in [3.8, 4) is 0 Å². The first-order valence-corrected chi connectivity index (χ1v) is 3.01. The van der Waals surface area contributed by atoms with Crippen molar-refractivity contribution in [2.24, 2.45) is 0 Å². The molecule has 7 heteroatoms. The van der Waals surface area contributed by atoms with Gasteiger partial charge in [-0.25, -0.2) is 4.98 Å². The van der Waals surface area contributed by atoms with Crippen LogP contribution in [0.5, 0.6) is 0 Å². The number of nitrogens with zero attached hydrogens (tertiary/aromatic N) is 1. The van der Waals surface area contributed by atoms with Crippen molar-refractivity contribution in [2.75, 3.05) is 0 Å². The zero-order chi connectivity index (χ0) is 9.14. The first-order valence-electron chi connectivity index (χ1n) is 3.01. The van der Waals surface area contributed by atoms with E-state index in [4.69, 9.17) is 0 Å². The molecular weight excluding hydrogens is 208 g/mol. The Labute approximate surface area is 124 Å². The van der Waals surface area contributed by atoms with Gasteiger partial charge in [-0.1, -0.05) is 6.07 Å². The molecule has 0 atom stereocenters. The third-order valence-electron chi connectivity index (χ3n) is 1.17. The minimum atomic E-state index is -1.52. The zero-order valence-corrected chi connectivity index (χ0v) is 11.8. The van der Waals surface area contributed by atoms with Gasteiger partial charge in [0.15, 0.2) is 0 Å². The summed E-state index contributed by atoms with van der Waals surface area (Å²) in [4.78, 5) is 23.6. The van der Waals surface area contributed by atoms with Gasteiger partial charge in [0.05, 0.1) is 23.3 Å². The van der Waals surface area contributed by atoms with Crippen molar-refractivity contribution in [1.82, 2.24) is 4.98 Å². The fourth-order valence-electron chi connectivity index (χ4n) is 0.662. The molecule has 0 radical (unpaired) electrons. The molecule has 0 spiro atoms. The molecule has 0 aromatic carbocycles. The van der Waals surface area contributed by atoms with Crippen molar-refractivity contribution in [3.63, 3.8) is 0 Å². The van der Waals surface area contributed by atoms with E-state index in [1.165, 1.54) is 6.07 Å². The molecule has 0 unspecified atom stereocenters. The van der Waals surface area contributed by atoms with E-state index < -0.39 is 23.3 Å². The summed E-state index contributed by atoms with van der Waals surface area (Å²) in [5, 5.41) is 20.4. The first-order chi connectivity index (χ1) is 5.61. The van der Waals surface area contributed by atoms with Crippen LogP contribution in [0.3, 0.4) is 0 Å². The molecule has 0 aliphatic carbocycles. The minimum Gasteiger partial charge on any atom is -0.543 e. The molecule has 0 aliphatic rings. The molecule has 0 aliphatic heterocycles. The van der Waals surface area contributed by atoms with Crippen LogP contribution < -0.4 is 69.3 Å². The van der Waals surface area contributed by atoms with Crippen molar-refractivity contribution < 1.29 is 78.9 Å². The van der Waals surface area contributed by atoms with E-state index in [0.717, 1.165) is 12.1 Å². The second kappa shape index (κ2) is 7.39. The minimum absolute atomic E-state index is 0. The summed E-state index contributed by atoms with van der Waals surface area (Å²) in [6, 6.07) is 3.53.